The molecule has 11 heteroatoms. The van der Waals surface area contributed by atoms with Gasteiger partial charge in [-0.1, -0.05) is 60.7 Å². The summed E-state index contributed by atoms with van der Waals surface area (Å²) < 4.78 is 0.925. The van der Waals surface area contributed by atoms with Crippen LogP contribution in [0.1, 0.15) is 11.1 Å². The summed E-state index contributed by atoms with van der Waals surface area (Å²) in [5, 5.41) is 19.1. The smallest absolute Gasteiger partial charge is 0.253 e. The van der Waals surface area contributed by atoms with Gasteiger partial charge in [-0.2, -0.15) is 5.10 Å². The monoisotopic (exact) mass is 667 g/mol. The van der Waals surface area contributed by atoms with E-state index in [1.54, 1.807) is 12.1 Å². The maximum atomic E-state index is 13.2. The number of phenols is 1. The highest BCUT2D eigenvalue weighted by atomic mass is 79.9. The van der Waals surface area contributed by atoms with Crippen molar-refractivity contribution in [1.82, 2.24) is 16.3 Å². The Morgan fingerprint density at radius 1 is 0.872 bits per heavy atom. The Labute approximate surface area is 247 Å². The summed E-state index contributed by atoms with van der Waals surface area (Å²) in [5.41, 5.74) is 9.79. The Balaban J connectivity index is 1.47. The summed E-state index contributed by atoms with van der Waals surface area (Å²) >= 11 is 11.8. The molecule has 0 aliphatic carbocycles. The first-order valence-electron chi connectivity index (χ1n) is 11.7. The number of hydrazine groups is 1. The van der Waals surface area contributed by atoms with Crippen LogP contribution in [0.15, 0.2) is 99.0 Å². The lowest BCUT2D eigenvalue weighted by atomic mass is 9.96. The molecule has 0 bridgehead atoms. The lowest BCUT2D eigenvalue weighted by molar-refractivity contribution is -0.135. The highest BCUT2D eigenvalue weighted by Gasteiger charge is 2.27. The van der Waals surface area contributed by atoms with Crippen LogP contribution in [-0.2, 0) is 16.0 Å². The van der Waals surface area contributed by atoms with Gasteiger partial charge >= 0.3 is 0 Å². The van der Waals surface area contributed by atoms with Crippen LogP contribution in [0.3, 0.4) is 0 Å². The second-order valence-corrected chi connectivity index (χ2v) is 10.6. The van der Waals surface area contributed by atoms with Crippen molar-refractivity contribution in [1.29, 1.82) is 0 Å². The molecule has 1 atom stereocenters. The Hall–Kier alpha value is -3.80. The fourth-order valence-electron chi connectivity index (χ4n) is 3.70. The first kappa shape index (κ1) is 28.2. The number of benzene rings is 4. The molecule has 8 nitrogen and oxygen atoms in total. The number of nitrogens with zero attached hydrogens (tertiary/aromatic N) is 1. The number of carbonyl (C=O) groups excluding carboxylic acids is 2. The molecule has 0 saturated heterocycles. The van der Waals surface area contributed by atoms with Crippen molar-refractivity contribution in [2.75, 3.05) is 5.32 Å². The molecule has 4 aromatic carbocycles. The van der Waals surface area contributed by atoms with Crippen LogP contribution in [0.4, 0.5) is 5.69 Å². The number of hydrazone groups is 1. The zero-order valence-corrected chi connectivity index (χ0v) is 24.3. The van der Waals surface area contributed by atoms with Gasteiger partial charge in [-0.15, -0.1) is 0 Å². The molecule has 0 aromatic heterocycles. The maximum Gasteiger partial charge on any atom is 0.253 e. The standard InChI is InChI=1S/C28H23Br2N5O3S/c29-23-14-18(15-24(30)25(23)36)16-31-33-26(37)22(13-17-10-11-19-6-4-5-7-20(19)12-17)27(38)34-35-28(39)32-21-8-2-1-3-9-21/h1-12,14-16,22,36H,13H2,(H,33,37)(H,34,38)(H2,32,35,39)/b31-16+. The number of phenolic OH excluding ortho intramolecular Hbond substituents is 1. The third-order valence-corrected chi connectivity index (χ3v) is 7.06. The number of thiocarbonyl (C=S) groups is 1. The third kappa shape index (κ3) is 7.85. The number of para-hydroxylation sites is 1. The van der Waals surface area contributed by atoms with E-state index in [1.807, 2.05) is 72.8 Å². The van der Waals surface area contributed by atoms with E-state index in [0.29, 0.717) is 14.5 Å². The average molecular weight is 669 g/mol. The molecule has 1 unspecified atom stereocenters. The first-order chi connectivity index (χ1) is 18.8. The van der Waals surface area contributed by atoms with Crippen molar-refractivity contribution in [2.45, 2.75) is 6.42 Å². The van der Waals surface area contributed by atoms with Gasteiger partial charge in [-0.05, 0) is 96.7 Å². The molecule has 0 aliphatic rings. The molecule has 0 fully saturated rings. The number of carbonyl (C=O) groups is 2. The lowest BCUT2D eigenvalue weighted by Crippen LogP contribution is -2.49. The van der Waals surface area contributed by atoms with Crippen LogP contribution in [0.2, 0.25) is 0 Å². The number of hydrogen-bond acceptors (Lipinski definition) is 5. The second kappa shape index (κ2) is 13.3. The molecule has 4 rings (SSSR count). The normalized spacial score (nSPS) is 11.6. The van der Waals surface area contributed by atoms with Gasteiger partial charge in [0, 0.05) is 5.69 Å². The quantitative estimate of drug-likeness (QED) is 0.0780. The summed E-state index contributed by atoms with van der Waals surface area (Å²) in [7, 11) is 0. The van der Waals surface area contributed by atoms with Gasteiger partial charge in [-0.3, -0.25) is 20.4 Å². The lowest BCUT2D eigenvalue weighted by Gasteiger charge is -2.17. The van der Waals surface area contributed by atoms with E-state index in [1.165, 1.54) is 6.21 Å². The molecule has 0 heterocycles. The molecule has 4 aromatic rings. The van der Waals surface area contributed by atoms with Crippen LogP contribution in [-0.4, -0.2) is 28.2 Å². The Bertz CT molecular complexity index is 1530. The minimum atomic E-state index is -1.12. The molecule has 0 saturated carbocycles. The Kier molecular flexibility index (Phi) is 9.64. The summed E-state index contributed by atoms with van der Waals surface area (Å²) in [6.45, 7) is 0. The highest BCUT2D eigenvalue weighted by molar-refractivity contribution is 9.11. The summed E-state index contributed by atoms with van der Waals surface area (Å²) in [5.74, 6) is -2.25. The number of hydrogen-bond donors (Lipinski definition) is 5. The zero-order chi connectivity index (χ0) is 27.8. The molecule has 198 valence electrons. The number of anilines is 1. The van der Waals surface area contributed by atoms with Crippen molar-refractivity contribution in [3.8, 4) is 5.75 Å². The molecular weight excluding hydrogens is 646 g/mol. The van der Waals surface area contributed by atoms with Crippen molar-refractivity contribution < 1.29 is 14.7 Å². The topological polar surface area (TPSA) is 115 Å². The molecular formula is C28H23Br2N5O3S. The maximum absolute atomic E-state index is 13.2. The second-order valence-electron chi connectivity index (χ2n) is 8.44. The Morgan fingerprint density at radius 2 is 1.54 bits per heavy atom. The van der Waals surface area contributed by atoms with Crippen LogP contribution < -0.4 is 21.6 Å². The molecule has 0 spiro atoms. The van der Waals surface area contributed by atoms with E-state index in [4.69, 9.17) is 12.2 Å². The first-order valence-corrected chi connectivity index (χ1v) is 13.7. The largest absolute Gasteiger partial charge is 0.506 e. The minimum absolute atomic E-state index is 0.0514. The van der Waals surface area contributed by atoms with Crippen molar-refractivity contribution in [2.24, 2.45) is 11.0 Å². The van der Waals surface area contributed by atoms with Gasteiger partial charge in [0.15, 0.2) is 5.11 Å². The molecule has 39 heavy (non-hydrogen) atoms. The van der Waals surface area contributed by atoms with Gasteiger partial charge in [0.2, 0.25) is 0 Å². The molecule has 2 amide bonds. The van der Waals surface area contributed by atoms with Crippen LogP contribution in [0.25, 0.3) is 10.8 Å². The van der Waals surface area contributed by atoms with Crippen molar-refractivity contribution >= 4 is 83.7 Å². The van der Waals surface area contributed by atoms with Crippen LogP contribution >= 0.6 is 44.1 Å². The van der Waals surface area contributed by atoms with Gasteiger partial charge in [0.25, 0.3) is 11.8 Å². The van der Waals surface area contributed by atoms with Crippen LogP contribution in [0, 0.1) is 5.92 Å². The molecule has 0 aliphatic heterocycles. The van der Waals surface area contributed by atoms with E-state index in [0.717, 1.165) is 22.0 Å². The van der Waals surface area contributed by atoms with Gasteiger partial charge in [0.1, 0.15) is 11.7 Å². The predicted molar refractivity (Wildman–Crippen MR) is 164 cm³/mol. The fraction of sp³-hybridized carbons (Fsp3) is 0.0714. The van der Waals surface area contributed by atoms with E-state index in [-0.39, 0.29) is 17.3 Å². The van der Waals surface area contributed by atoms with Gasteiger partial charge in [0.05, 0.1) is 15.2 Å². The summed E-state index contributed by atoms with van der Waals surface area (Å²) in [4.78, 5) is 26.3. The average Bonchev–Trinajstić information content (AvgIpc) is 2.93. The molecule has 0 radical (unpaired) electrons. The van der Waals surface area contributed by atoms with E-state index < -0.39 is 17.7 Å². The number of amides is 2. The summed E-state index contributed by atoms with van der Waals surface area (Å²) in [6.07, 6.45) is 1.55. The van der Waals surface area contributed by atoms with Gasteiger partial charge < -0.3 is 10.4 Å². The van der Waals surface area contributed by atoms with Crippen LogP contribution in [0.5, 0.6) is 5.75 Å². The van der Waals surface area contributed by atoms with Crippen molar-refractivity contribution in [3.63, 3.8) is 0 Å². The fourth-order valence-corrected chi connectivity index (χ4v) is 5.09. The van der Waals surface area contributed by atoms with E-state index in [2.05, 4.69) is 58.6 Å². The SMILES string of the molecule is O=C(N/N=C/c1cc(Br)c(O)c(Br)c1)C(Cc1ccc2ccccc2c1)C(=O)NNC(=S)Nc1ccccc1. The predicted octanol–water partition coefficient (Wildman–Crippen LogP) is 5.40. The van der Waals surface area contributed by atoms with E-state index >= 15 is 0 Å². The highest BCUT2D eigenvalue weighted by Crippen LogP contribution is 2.32. The molecule has 5 N–H and O–H groups in total. The summed E-state index contributed by atoms with van der Waals surface area (Å²) in [6, 6.07) is 26.2. The number of halogens is 2. The van der Waals surface area contributed by atoms with Gasteiger partial charge in [-0.25, -0.2) is 5.43 Å². The van der Waals surface area contributed by atoms with E-state index in [9.17, 15) is 14.7 Å². The number of aromatic hydroxyl groups is 1. The van der Waals surface area contributed by atoms with Crippen molar-refractivity contribution in [3.05, 3.63) is 105 Å². The number of fused-ring (bicyclic) bond motifs is 1. The zero-order valence-electron chi connectivity index (χ0n) is 20.3. The Morgan fingerprint density at radius 3 is 2.26 bits per heavy atom. The minimum Gasteiger partial charge on any atom is -0.506 e. The number of nitrogens with one attached hydrogen (secondary N) is 4. The number of rotatable bonds is 7. The third-order valence-electron chi connectivity index (χ3n) is 5.65.